The predicted octanol–water partition coefficient (Wildman–Crippen LogP) is 8.05. The van der Waals surface area contributed by atoms with E-state index in [0.717, 1.165) is 15.6 Å². The standard InChI is InChI=1S/C26H22BrClN4OS/c1-16(2)18-5-3-17(4-6-18)15-29-32-26-30-23(19-9-13-22(28)14-10-19)25(34-26)31-24(33)20-7-11-21(27)12-8-20/h3-16H,1-2H3,(H,30,32)(H,31,33)/b29-15+. The minimum Gasteiger partial charge on any atom is -0.312 e. The molecule has 0 atom stereocenters. The zero-order valence-corrected chi connectivity index (χ0v) is 21.7. The van der Waals surface area contributed by atoms with Crippen LogP contribution in [0.2, 0.25) is 5.02 Å². The lowest BCUT2D eigenvalue weighted by atomic mass is 10.0. The van der Waals surface area contributed by atoms with Crippen LogP contribution in [-0.2, 0) is 0 Å². The maximum Gasteiger partial charge on any atom is 0.256 e. The molecule has 2 N–H and O–H groups in total. The van der Waals surface area contributed by atoms with Gasteiger partial charge in [0, 0.05) is 20.6 Å². The molecule has 34 heavy (non-hydrogen) atoms. The van der Waals surface area contributed by atoms with Gasteiger partial charge in [0.25, 0.3) is 5.91 Å². The first kappa shape index (κ1) is 24.1. The molecule has 0 saturated heterocycles. The van der Waals surface area contributed by atoms with Crippen LogP contribution in [0.25, 0.3) is 11.3 Å². The SMILES string of the molecule is CC(C)c1ccc(/C=N/Nc2nc(-c3ccc(Cl)cc3)c(NC(=O)c3ccc(Br)cc3)s2)cc1. The highest BCUT2D eigenvalue weighted by Gasteiger charge is 2.16. The first-order chi connectivity index (χ1) is 16.4. The molecule has 4 aromatic rings. The van der Waals surface area contributed by atoms with Gasteiger partial charge in [-0.15, -0.1) is 0 Å². The van der Waals surface area contributed by atoms with Gasteiger partial charge in [-0.2, -0.15) is 5.10 Å². The number of carbonyl (C=O) groups excluding carboxylic acids is 1. The van der Waals surface area contributed by atoms with Crippen molar-refractivity contribution in [2.75, 3.05) is 10.7 Å². The zero-order chi connectivity index (χ0) is 24.1. The third-order valence-electron chi connectivity index (χ3n) is 5.06. The number of carbonyl (C=O) groups is 1. The van der Waals surface area contributed by atoms with Crippen molar-refractivity contribution >= 4 is 61.1 Å². The minimum atomic E-state index is -0.216. The molecule has 1 amide bonds. The maximum atomic E-state index is 12.8. The van der Waals surface area contributed by atoms with E-state index in [9.17, 15) is 4.79 Å². The van der Waals surface area contributed by atoms with Crippen molar-refractivity contribution in [1.82, 2.24) is 4.98 Å². The van der Waals surface area contributed by atoms with E-state index < -0.39 is 0 Å². The summed E-state index contributed by atoms with van der Waals surface area (Å²) in [5.74, 6) is 0.267. The fourth-order valence-corrected chi connectivity index (χ4v) is 4.38. The number of hydrogen-bond donors (Lipinski definition) is 2. The van der Waals surface area contributed by atoms with E-state index in [2.05, 4.69) is 62.7 Å². The average Bonchev–Trinajstić information content (AvgIpc) is 3.22. The van der Waals surface area contributed by atoms with E-state index in [0.29, 0.717) is 32.3 Å². The number of thiazole rings is 1. The Balaban J connectivity index is 1.56. The molecule has 172 valence electrons. The Labute approximate surface area is 216 Å². The summed E-state index contributed by atoms with van der Waals surface area (Å²) in [5, 5.41) is 9.12. The van der Waals surface area contributed by atoms with Crippen molar-refractivity contribution in [3.63, 3.8) is 0 Å². The molecule has 0 radical (unpaired) electrons. The Morgan fingerprint density at radius 1 is 1.03 bits per heavy atom. The van der Waals surface area contributed by atoms with Crippen LogP contribution in [0.4, 0.5) is 10.1 Å². The van der Waals surface area contributed by atoms with Crippen molar-refractivity contribution < 1.29 is 4.79 Å². The van der Waals surface area contributed by atoms with Crippen molar-refractivity contribution in [2.45, 2.75) is 19.8 Å². The van der Waals surface area contributed by atoms with Crippen LogP contribution in [0.1, 0.15) is 41.3 Å². The lowest BCUT2D eigenvalue weighted by Gasteiger charge is -2.06. The van der Waals surface area contributed by atoms with E-state index in [1.54, 1.807) is 30.5 Å². The highest BCUT2D eigenvalue weighted by Crippen LogP contribution is 2.36. The van der Waals surface area contributed by atoms with E-state index in [4.69, 9.17) is 11.6 Å². The number of aromatic nitrogens is 1. The second-order valence-corrected chi connectivity index (χ2v) is 10.2. The molecule has 0 saturated carbocycles. The van der Waals surface area contributed by atoms with Crippen LogP contribution < -0.4 is 10.7 Å². The molecular formula is C26H22BrClN4OS. The van der Waals surface area contributed by atoms with Gasteiger partial charge in [-0.1, -0.05) is 89.1 Å². The summed E-state index contributed by atoms with van der Waals surface area (Å²) in [4.78, 5) is 17.5. The fraction of sp³-hybridized carbons (Fsp3) is 0.115. The van der Waals surface area contributed by atoms with Crippen LogP contribution in [0.3, 0.4) is 0 Å². The fourth-order valence-electron chi connectivity index (χ4n) is 3.16. The number of anilines is 2. The number of rotatable bonds is 7. The number of hydrogen-bond acceptors (Lipinski definition) is 5. The molecule has 3 aromatic carbocycles. The smallest absolute Gasteiger partial charge is 0.256 e. The number of nitrogens with one attached hydrogen (secondary N) is 2. The van der Waals surface area contributed by atoms with Gasteiger partial charge < -0.3 is 5.32 Å². The van der Waals surface area contributed by atoms with Gasteiger partial charge in [0.1, 0.15) is 10.7 Å². The summed E-state index contributed by atoms with van der Waals surface area (Å²) in [7, 11) is 0. The van der Waals surface area contributed by atoms with Gasteiger partial charge >= 0.3 is 0 Å². The molecule has 0 aliphatic heterocycles. The summed E-state index contributed by atoms with van der Waals surface area (Å²) < 4.78 is 0.909. The number of halogens is 2. The molecule has 0 aliphatic rings. The van der Waals surface area contributed by atoms with Crippen molar-refractivity contribution in [3.8, 4) is 11.3 Å². The lowest BCUT2D eigenvalue weighted by Crippen LogP contribution is -2.11. The van der Waals surface area contributed by atoms with Crippen molar-refractivity contribution in [3.05, 3.63) is 99.0 Å². The van der Waals surface area contributed by atoms with Gasteiger partial charge in [0.15, 0.2) is 0 Å². The quantitative estimate of drug-likeness (QED) is 0.180. The minimum absolute atomic E-state index is 0.216. The molecule has 5 nitrogen and oxygen atoms in total. The first-order valence-corrected chi connectivity index (χ1v) is 12.6. The molecule has 0 spiro atoms. The Kier molecular flexibility index (Phi) is 7.77. The number of nitrogens with zero attached hydrogens (tertiary/aromatic N) is 2. The molecule has 0 bridgehead atoms. The summed E-state index contributed by atoms with van der Waals surface area (Å²) >= 11 is 10.8. The number of hydrazone groups is 1. The molecule has 4 rings (SSSR count). The van der Waals surface area contributed by atoms with Crippen LogP contribution >= 0.6 is 38.9 Å². The Bertz CT molecular complexity index is 1300. The Morgan fingerprint density at radius 3 is 2.35 bits per heavy atom. The topological polar surface area (TPSA) is 66.4 Å². The molecule has 0 aliphatic carbocycles. The van der Waals surface area contributed by atoms with E-state index >= 15 is 0 Å². The van der Waals surface area contributed by atoms with Crippen LogP contribution in [0.5, 0.6) is 0 Å². The molecule has 0 fully saturated rings. The Morgan fingerprint density at radius 2 is 1.71 bits per heavy atom. The van der Waals surface area contributed by atoms with Gasteiger partial charge in [0.05, 0.1) is 6.21 Å². The van der Waals surface area contributed by atoms with Gasteiger partial charge in [-0.25, -0.2) is 4.98 Å². The maximum absolute atomic E-state index is 12.8. The predicted molar refractivity (Wildman–Crippen MR) is 146 cm³/mol. The zero-order valence-electron chi connectivity index (χ0n) is 18.5. The van der Waals surface area contributed by atoms with E-state index in [1.165, 1.54) is 16.9 Å². The normalized spacial score (nSPS) is 11.2. The van der Waals surface area contributed by atoms with Crippen LogP contribution in [0.15, 0.2) is 82.4 Å². The third kappa shape index (κ3) is 6.11. The lowest BCUT2D eigenvalue weighted by molar-refractivity contribution is 0.102. The summed E-state index contributed by atoms with van der Waals surface area (Å²) in [6, 6.07) is 22.8. The van der Waals surface area contributed by atoms with Crippen molar-refractivity contribution in [1.29, 1.82) is 0 Å². The molecule has 0 unspecified atom stereocenters. The molecule has 8 heteroatoms. The van der Waals surface area contributed by atoms with Crippen LogP contribution in [-0.4, -0.2) is 17.1 Å². The largest absolute Gasteiger partial charge is 0.312 e. The second kappa shape index (κ2) is 11.0. The van der Waals surface area contributed by atoms with Crippen LogP contribution in [0, 0.1) is 0 Å². The third-order valence-corrected chi connectivity index (χ3v) is 6.71. The van der Waals surface area contributed by atoms with E-state index in [-0.39, 0.29) is 5.91 Å². The Hall–Kier alpha value is -3.00. The summed E-state index contributed by atoms with van der Waals surface area (Å²) in [6.07, 6.45) is 1.74. The monoisotopic (exact) mass is 552 g/mol. The highest BCUT2D eigenvalue weighted by atomic mass is 79.9. The summed E-state index contributed by atoms with van der Waals surface area (Å²) in [5.41, 5.74) is 7.29. The van der Waals surface area contributed by atoms with Crippen molar-refractivity contribution in [2.24, 2.45) is 5.10 Å². The molecule has 1 heterocycles. The molecular weight excluding hydrogens is 532 g/mol. The molecule has 1 aromatic heterocycles. The highest BCUT2D eigenvalue weighted by molar-refractivity contribution is 9.10. The van der Waals surface area contributed by atoms with Gasteiger partial charge in [-0.3, -0.25) is 10.2 Å². The van der Waals surface area contributed by atoms with Gasteiger partial charge in [-0.05, 0) is 53.4 Å². The van der Waals surface area contributed by atoms with Gasteiger partial charge in [0.2, 0.25) is 5.13 Å². The number of benzene rings is 3. The van der Waals surface area contributed by atoms with E-state index in [1.807, 2.05) is 36.4 Å². The number of amides is 1. The average molecular weight is 554 g/mol. The summed E-state index contributed by atoms with van der Waals surface area (Å²) in [6.45, 7) is 4.33. The first-order valence-electron chi connectivity index (χ1n) is 10.6. The second-order valence-electron chi connectivity index (χ2n) is 7.86.